The van der Waals surface area contributed by atoms with E-state index < -0.39 is 15.2 Å². The van der Waals surface area contributed by atoms with Crippen LogP contribution in [0, 0.1) is 0 Å². The number of thiocarbonyl (C=S) groups is 1. The zero-order valence-electron chi connectivity index (χ0n) is 10.7. The Morgan fingerprint density at radius 2 is 2.14 bits per heavy atom. The monoisotopic (exact) mass is 361 g/mol. The lowest BCUT2D eigenvalue weighted by molar-refractivity contribution is 0.600. The molecule has 1 fully saturated rings. The number of alkyl halides is 1. The van der Waals surface area contributed by atoms with Crippen molar-refractivity contribution in [3.8, 4) is 0 Å². The van der Waals surface area contributed by atoms with Gasteiger partial charge < -0.3 is 10.6 Å². The van der Waals surface area contributed by atoms with Gasteiger partial charge in [0.15, 0.2) is 20.1 Å². The van der Waals surface area contributed by atoms with Gasteiger partial charge in [0.25, 0.3) is 0 Å². The molecule has 0 unspecified atom stereocenters. The molecular weight excluding hydrogens is 350 g/mol. The summed E-state index contributed by atoms with van der Waals surface area (Å²) in [6, 6.07) is 7.40. The van der Waals surface area contributed by atoms with Gasteiger partial charge in [0.1, 0.15) is 0 Å². The van der Waals surface area contributed by atoms with Crippen LogP contribution in [0.3, 0.4) is 0 Å². The van der Waals surface area contributed by atoms with Crippen LogP contribution in [0.15, 0.2) is 24.3 Å². The summed E-state index contributed by atoms with van der Waals surface area (Å²) in [5, 5.41) is 6.47. The smallest absolute Gasteiger partial charge is 0.190 e. The summed E-state index contributed by atoms with van der Waals surface area (Å²) in [5.41, 5.74) is 0.895. The van der Waals surface area contributed by atoms with E-state index in [-0.39, 0.29) is 17.5 Å². The third-order valence-corrected chi connectivity index (χ3v) is 6.66. The number of sulfone groups is 1. The summed E-state index contributed by atoms with van der Waals surface area (Å²) in [5.74, 6) is -0.0151. The Labute approximate surface area is 136 Å². The number of rotatable bonds is 2. The quantitative estimate of drug-likeness (QED) is 0.629. The number of anilines is 1. The fraction of sp³-hybridized carbons (Fsp3) is 0.333. The number of thiazole rings is 1. The normalized spacial score (nSPS) is 24.0. The maximum absolute atomic E-state index is 11.5. The molecule has 1 aliphatic rings. The Hall–Kier alpha value is -0.960. The molecule has 1 aromatic heterocycles. The van der Waals surface area contributed by atoms with Gasteiger partial charge in [0.2, 0.25) is 0 Å². The second-order valence-corrected chi connectivity index (χ2v) is 8.94. The van der Waals surface area contributed by atoms with E-state index in [1.165, 1.54) is 11.3 Å². The molecule has 1 aliphatic heterocycles. The number of halogens is 1. The molecule has 3 rings (SSSR count). The van der Waals surface area contributed by atoms with Gasteiger partial charge in [-0.3, -0.25) is 0 Å². The molecule has 2 aromatic rings. The van der Waals surface area contributed by atoms with Crippen molar-refractivity contribution in [2.45, 2.75) is 11.4 Å². The molecule has 2 atom stereocenters. The first kappa shape index (κ1) is 15.0. The highest BCUT2D eigenvalue weighted by Crippen LogP contribution is 2.25. The van der Waals surface area contributed by atoms with Gasteiger partial charge in [-0.2, -0.15) is 0 Å². The fourth-order valence-corrected chi connectivity index (χ4v) is 5.90. The average Bonchev–Trinajstić information content (AvgIpc) is 2.89. The third kappa shape index (κ3) is 3.45. The van der Waals surface area contributed by atoms with Crippen LogP contribution in [0.25, 0.3) is 10.2 Å². The minimum atomic E-state index is -3.08. The van der Waals surface area contributed by atoms with Gasteiger partial charge in [-0.15, -0.1) is 11.6 Å². The zero-order chi connectivity index (χ0) is 15.0. The molecule has 0 aliphatic carbocycles. The van der Waals surface area contributed by atoms with Crippen molar-refractivity contribution < 1.29 is 8.42 Å². The van der Waals surface area contributed by atoms with Gasteiger partial charge >= 0.3 is 0 Å². The number of nitrogens with zero attached hydrogens (tertiary/aromatic N) is 1. The largest absolute Gasteiger partial charge is 0.357 e. The van der Waals surface area contributed by atoms with Crippen LogP contribution in [0.5, 0.6) is 0 Å². The number of hydrogen-bond donors (Lipinski definition) is 2. The Morgan fingerprint density at radius 3 is 2.81 bits per heavy atom. The molecule has 2 N–H and O–H groups in total. The lowest BCUT2D eigenvalue weighted by Crippen LogP contribution is -2.42. The van der Waals surface area contributed by atoms with Crippen molar-refractivity contribution >= 4 is 65.5 Å². The predicted octanol–water partition coefficient (Wildman–Crippen LogP) is 1.99. The van der Waals surface area contributed by atoms with E-state index in [0.717, 1.165) is 10.2 Å². The molecule has 0 saturated carbocycles. The highest BCUT2D eigenvalue weighted by molar-refractivity contribution is 7.91. The Morgan fingerprint density at radius 1 is 1.38 bits per heavy atom. The molecule has 0 spiro atoms. The SMILES string of the molecule is O=S1(=O)C[C@@H](Cl)[C@@H](NC(=S)Nc2nc3ccccc3s2)C1. The summed E-state index contributed by atoms with van der Waals surface area (Å²) >= 11 is 12.7. The van der Waals surface area contributed by atoms with Crippen LogP contribution >= 0.6 is 35.2 Å². The number of aromatic nitrogens is 1. The first-order valence-electron chi connectivity index (χ1n) is 6.20. The Kier molecular flexibility index (Phi) is 4.04. The maximum Gasteiger partial charge on any atom is 0.190 e. The van der Waals surface area contributed by atoms with E-state index in [4.69, 9.17) is 23.8 Å². The molecule has 1 saturated heterocycles. The van der Waals surface area contributed by atoms with Crippen LogP contribution in [0.2, 0.25) is 0 Å². The predicted molar refractivity (Wildman–Crippen MR) is 91.1 cm³/mol. The van der Waals surface area contributed by atoms with Crippen molar-refractivity contribution in [2.75, 3.05) is 16.8 Å². The van der Waals surface area contributed by atoms with E-state index in [1.54, 1.807) is 0 Å². The molecule has 0 bridgehead atoms. The average molecular weight is 362 g/mol. The number of fused-ring (bicyclic) bond motifs is 1. The maximum atomic E-state index is 11.5. The van der Waals surface area contributed by atoms with Crippen LogP contribution in [0.4, 0.5) is 5.13 Å². The highest BCUT2D eigenvalue weighted by atomic mass is 35.5. The minimum Gasteiger partial charge on any atom is -0.357 e. The second-order valence-electron chi connectivity index (χ2n) is 4.78. The summed E-state index contributed by atoms with van der Waals surface area (Å²) in [7, 11) is -3.08. The van der Waals surface area contributed by atoms with Crippen molar-refractivity contribution in [1.82, 2.24) is 10.3 Å². The van der Waals surface area contributed by atoms with Crippen molar-refractivity contribution in [1.29, 1.82) is 0 Å². The Bertz CT molecular complexity index is 757. The van der Waals surface area contributed by atoms with E-state index in [9.17, 15) is 8.42 Å². The highest BCUT2D eigenvalue weighted by Gasteiger charge is 2.36. The molecule has 5 nitrogen and oxygen atoms in total. The van der Waals surface area contributed by atoms with Gasteiger partial charge in [-0.25, -0.2) is 13.4 Å². The third-order valence-electron chi connectivity index (χ3n) is 3.11. The van der Waals surface area contributed by atoms with Gasteiger partial charge in [0.05, 0.1) is 33.1 Å². The minimum absolute atomic E-state index is 0.00281. The van der Waals surface area contributed by atoms with E-state index in [2.05, 4.69) is 15.6 Å². The molecule has 21 heavy (non-hydrogen) atoms. The molecule has 112 valence electrons. The fourth-order valence-electron chi connectivity index (χ4n) is 2.16. The number of hydrogen-bond acceptors (Lipinski definition) is 5. The lowest BCUT2D eigenvalue weighted by Gasteiger charge is -2.16. The molecule has 0 radical (unpaired) electrons. The molecule has 2 heterocycles. The van der Waals surface area contributed by atoms with E-state index >= 15 is 0 Å². The van der Waals surface area contributed by atoms with Crippen LogP contribution in [-0.2, 0) is 9.84 Å². The lowest BCUT2D eigenvalue weighted by atomic mass is 10.3. The first-order chi connectivity index (χ1) is 9.93. The second kappa shape index (κ2) is 5.68. The van der Waals surface area contributed by atoms with Gasteiger partial charge in [0, 0.05) is 0 Å². The van der Waals surface area contributed by atoms with Crippen LogP contribution < -0.4 is 10.6 Å². The number of nitrogens with one attached hydrogen (secondary N) is 2. The van der Waals surface area contributed by atoms with Crippen molar-refractivity contribution in [2.24, 2.45) is 0 Å². The van der Waals surface area contributed by atoms with Gasteiger partial charge in [-0.05, 0) is 24.4 Å². The number of para-hydroxylation sites is 1. The zero-order valence-corrected chi connectivity index (χ0v) is 14.0. The topological polar surface area (TPSA) is 71.1 Å². The van der Waals surface area contributed by atoms with Crippen LogP contribution in [0.1, 0.15) is 0 Å². The van der Waals surface area contributed by atoms with Gasteiger partial charge in [-0.1, -0.05) is 23.5 Å². The summed E-state index contributed by atoms with van der Waals surface area (Å²) in [6.45, 7) is 0. The van der Waals surface area contributed by atoms with E-state index in [0.29, 0.717) is 10.2 Å². The van der Waals surface area contributed by atoms with Crippen molar-refractivity contribution in [3.05, 3.63) is 24.3 Å². The summed E-state index contributed by atoms with van der Waals surface area (Å²) in [6.07, 6.45) is 0. The molecular formula is C12H12ClN3O2S3. The molecule has 1 aromatic carbocycles. The molecule has 9 heteroatoms. The Balaban J connectivity index is 1.66. The number of benzene rings is 1. The summed E-state index contributed by atoms with van der Waals surface area (Å²) < 4.78 is 24.1. The van der Waals surface area contributed by atoms with E-state index in [1.807, 2.05) is 24.3 Å². The summed E-state index contributed by atoms with van der Waals surface area (Å²) in [4.78, 5) is 4.40. The first-order valence-corrected chi connectivity index (χ1v) is 9.69. The molecule has 0 amide bonds. The standard InChI is InChI=1S/C12H12ClN3O2S3/c13-7-5-21(17,18)6-9(7)14-11(19)16-12-15-8-3-1-2-4-10(8)20-12/h1-4,7,9H,5-6H2,(H2,14,15,16,19)/t7-,9+/m1/s1. The van der Waals surface area contributed by atoms with Crippen molar-refractivity contribution in [3.63, 3.8) is 0 Å². The van der Waals surface area contributed by atoms with Crippen LogP contribution in [-0.4, -0.2) is 41.4 Å².